The number of aliphatic hydroxyl groups is 1. The molecule has 0 aliphatic heterocycles. The van der Waals surface area contributed by atoms with E-state index < -0.39 is 11.1 Å². The Hall–Kier alpha value is -3.11. The van der Waals surface area contributed by atoms with Crippen molar-refractivity contribution >= 4 is 11.8 Å². The number of thioether (sulfide) groups is 1. The Kier molecular flexibility index (Phi) is 5.29. The van der Waals surface area contributed by atoms with Gasteiger partial charge in [0.25, 0.3) is 5.89 Å². The van der Waals surface area contributed by atoms with E-state index in [1.807, 2.05) is 41.9 Å². The highest BCUT2D eigenvalue weighted by Gasteiger charge is 2.42. The highest BCUT2D eigenvalue weighted by molar-refractivity contribution is 8.00. The lowest BCUT2D eigenvalue weighted by molar-refractivity contribution is -0.0328. The molecule has 0 amide bonds. The van der Waals surface area contributed by atoms with Crippen molar-refractivity contribution in [2.75, 3.05) is 0 Å². The van der Waals surface area contributed by atoms with E-state index in [2.05, 4.69) is 15.2 Å². The summed E-state index contributed by atoms with van der Waals surface area (Å²) in [6.45, 7) is 2.44. The predicted octanol–water partition coefficient (Wildman–Crippen LogP) is 5.55. The quantitative estimate of drug-likeness (QED) is 0.371. The molecule has 0 atom stereocenters. The Morgan fingerprint density at radius 3 is 2.58 bits per heavy atom. The number of nitrogens with zero attached hydrogens (tertiary/aromatic N) is 4. The summed E-state index contributed by atoms with van der Waals surface area (Å²) in [5.41, 5.74) is -1.14. The molecule has 1 saturated carbocycles. The fraction of sp³-hybridized carbons (Fsp3) is 0.261. The maximum absolute atomic E-state index is 12.5. The van der Waals surface area contributed by atoms with Crippen molar-refractivity contribution in [2.24, 2.45) is 0 Å². The van der Waals surface area contributed by atoms with Gasteiger partial charge in [0.05, 0.1) is 12.1 Å². The van der Waals surface area contributed by atoms with Gasteiger partial charge in [0, 0.05) is 16.2 Å². The molecule has 4 aromatic rings. The molecule has 10 heteroatoms. The topological polar surface area (TPSA) is 77.0 Å². The van der Waals surface area contributed by atoms with Crippen molar-refractivity contribution in [1.29, 1.82) is 0 Å². The van der Waals surface area contributed by atoms with Gasteiger partial charge in [0.2, 0.25) is 5.82 Å². The third-order valence-corrected chi connectivity index (χ3v) is 6.23. The van der Waals surface area contributed by atoms with E-state index >= 15 is 0 Å². The molecule has 2 aromatic carbocycles. The zero-order valence-electron chi connectivity index (χ0n) is 17.5. The number of aryl methyl sites for hydroxylation is 1. The molecule has 1 fully saturated rings. The van der Waals surface area contributed by atoms with Crippen molar-refractivity contribution in [3.05, 3.63) is 71.4 Å². The van der Waals surface area contributed by atoms with Crippen LogP contribution < -0.4 is 0 Å². The van der Waals surface area contributed by atoms with Gasteiger partial charge in [-0.25, -0.2) is 0 Å². The summed E-state index contributed by atoms with van der Waals surface area (Å²) in [5.74, 6) is 0.493. The monoisotopic (exact) mass is 472 g/mol. The lowest BCUT2D eigenvalue weighted by Gasteiger charge is -2.10. The van der Waals surface area contributed by atoms with E-state index in [9.17, 15) is 18.3 Å². The number of alkyl halides is 3. The first-order valence-electron chi connectivity index (χ1n) is 10.3. The molecule has 1 aliphatic rings. The van der Waals surface area contributed by atoms with Gasteiger partial charge in [-0.15, -0.1) is 0 Å². The van der Waals surface area contributed by atoms with Crippen molar-refractivity contribution in [3.63, 3.8) is 0 Å². The fourth-order valence-electron chi connectivity index (χ4n) is 3.56. The van der Waals surface area contributed by atoms with Gasteiger partial charge in [-0.05, 0) is 73.0 Å². The molecule has 2 heterocycles. The summed E-state index contributed by atoms with van der Waals surface area (Å²) in [6, 6.07) is 15.5. The van der Waals surface area contributed by atoms with Crippen LogP contribution in [0.3, 0.4) is 0 Å². The fourth-order valence-corrected chi connectivity index (χ4v) is 4.10. The van der Waals surface area contributed by atoms with E-state index in [0.717, 1.165) is 29.7 Å². The Balaban J connectivity index is 1.33. The Morgan fingerprint density at radius 2 is 1.88 bits per heavy atom. The maximum Gasteiger partial charge on any atom is 0.446 e. The number of rotatable bonds is 6. The largest absolute Gasteiger partial charge is 0.446 e. The molecule has 1 aliphatic carbocycles. The minimum Gasteiger partial charge on any atom is -0.385 e. The number of hydrogen-bond acceptors (Lipinski definition) is 6. The molecule has 6 nitrogen and oxygen atoms in total. The van der Waals surface area contributed by atoms with Crippen LogP contribution in [0.5, 0.6) is 0 Å². The van der Waals surface area contributed by atoms with Crippen LogP contribution in [0, 0.1) is 6.92 Å². The van der Waals surface area contributed by atoms with Crippen molar-refractivity contribution in [3.8, 4) is 23.0 Å². The minimum absolute atomic E-state index is 0.0854. The van der Waals surface area contributed by atoms with Crippen LogP contribution in [-0.4, -0.2) is 30.5 Å². The number of benzene rings is 2. The molecule has 0 unspecified atom stereocenters. The summed E-state index contributed by atoms with van der Waals surface area (Å²) in [7, 11) is 0. The molecule has 2 aromatic heterocycles. The second-order valence-corrected chi connectivity index (χ2v) is 9.19. The van der Waals surface area contributed by atoms with Gasteiger partial charge in [-0.3, -0.25) is 4.68 Å². The summed E-state index contributed by atoms with van der Waals surface area (Å²) in [5, 5.41) is 18.9. The minimum atomic E-state index is -4.34. The zero-order chi connectivity index (χ0) is 23.2. The van der Waals surface area contributed by atoms with Gasteiger partial charge in [-0.2, -0.15) is 23.3 Å². The SMILES string of the molecule is Cc1cc(-c2nc(-c3ccc(SC(F)(F)F)cc3)no2)nn1Cc1cccc(C2(O)CC2)c1. The number of hydrogen-bond donors (Lipinski definition) is 1. The number of aromatic nitrogens is 4. The van der Waals surface area contributed by atoms with E-state index in [-0.39, 0.29) is 28.4 Å². The normalized spacial score (nSPS) is 15.1. The Bertz CT molecular complexity index is 1290. The lowest BCUT2D eigenvalue weighted by Crippen LogP contribution is -2.07. The molecular weight excluding hydrogens is 453 g/mol. The van der Waals surface area contributed by atoms with Crippen molar-refractivity contribution < 1.29 is 22.8 Å². The Labute approximate surface area is 191 Å². The molecule has 33 heavy (non-hydrogen) atoms. The van der Waals surface area contributed by atoms with Gasteiger partial charge < -0.3 is 9.63 Å². The highest BCUT2D eigenvalue weighted by atomic mass is 32.2. The van der Waals surface area contributed by atoms with Crippen LogP contribution in [0.1, 0.15) is 29.7 Å². The standard InChI is InChI=1S/C23H19F3N4O2S/c1-14-11-19(28-30(14)13-15-3-2-4-17(12-15)22(31)9-10-22)21-27-20(29-32-21)16-5-7-18(8-6-16)33-23(24,25)26/h2-8,11-12,31H,9-10,13H2,1H3. The first-order chi connectivity index (χ1) is 15.7. The van der Waals surface area contributed by atoms with Crippen LogP contribution >= 0.6 is 11.8 Å². The predicted molar refractivity (Wildman–Crippen MR) is 116 cm³/mol. The smallest absolute Gasteiger partial charge is 0.385 e. The molecular formula is C23H19F3N4O2S. The summed E-state index contributed by atoms with van der Waals surface area (Å²) in [4.78, 5) is 4.44. The van der Waals surface area contributed by atoms with E-state index in [4.69, 9.17) is 4.52 Å². The van der Waals surface area contributed by atoms with E-state index in [1.165, 1.54) is 24.3 Å². The zero-order valence-corrected chi connectivity index (χ0v) is 18.3. The highest BCUT2D eigenvalue weighted by Crippen LogP contribution is 2.45. The first-order valence-corrected chi connectivity index (χ1v) is 11.1. The molecule has 5 rings (SSSR count). The van der Waals surface area contributed by atoms with Crippen molar-refractivity contribution in [1.82, 2.24) is 19.9 Å². The van der Waals surface area contributed by atoms with Gasteiger partial charge in [0.1, 0.15) is 0 Å². The molecule has 1 N–H and O–H groups in total. The third kappa shape index (κ3) is 4.81. The molecule has 0 saturated heterocycles. The third-order valence-electron chi connectivity index (χ3n) is 5.49. The molecule has 0 spiro atoms. The molecule has 0 radical (unpaired) electrons. The summed E-state index contributed by atoms with van der Waals surface area (Å²) < 4.78 is 44.7. The average molecular weight is 472 g/mol. The summed E-state index contributed by atoms with van der Waals surface area (Å²) in [6.07, 6.45) is 1.57. The van der Waals surface area contributed by atoms with Gasteiger partial charge >= 0.3 is 5.51 Å². The van der Waals surface area contributed by atoms with E-state index in [1.54, 1.807) is 0 Å². The van der Waals surface area contributed by atoms with Gasteiger partial charge in [-0.1, -0.05) is 29.4 Å². The van der Waals surface area contributed by atoms with E-state index in [0.29, 0.717) is 17.8 Å². The second-order valence-electron chi connectivity index (χ2n) is 8.06. The molecule has 170 valence electrons. The second kappa shape index (κ2) is 8.03. The summed E-state index contributed by atoms with van der Waals surface area (Å²) >= 11 is -0.174. The van der Waals surface area contributed by atoms with Crippen LogP contribution in [0.15, 0.2) is 64.0 Å². The first kappa shape index (κ1) is 21.7. The average Bonchev–Trinajstić information content (AvgIpc) is 3.17. The van der Waals surface area contributed by atoms with Crippen LogP contribution in [0.25, 0.3) is 23.0 Å². The lowest BCUT2D eigenvalue weighted by atomic mass is 10.0. The van der Waals surface area contributed by atoms with Crippen LogP contribution in [-0.2, 0) is 12.1 Å². The molecule has 0 bridgehead atoms. The maximum atomic E-state index is 12.5. The number of halogens is 3. The van der Waals surface area contributed by atoms with Gasteiger partial charge in [0.15, 0.2) is 5.69 Å². The van der Waals surface area contributed by atoms with Crippen LogP contribution in [0.2, 0.25) is 0 Å². The van der Waals surface area contributed by atoms with Crippen molar-refractivity contribution in [2.45, 2.75) is 42.3 Å². The Morgan fingerprint density at radius 1 is 1.12 bits per heavy atom. The van der Waals surface area contributed by atoms with Crippen LogP contribution in [0.4, 0.5) is 13.2 Å².